The number of aryl methyl sites for hydroxylation is 1. The first-order valence-electron chi connectivity index (χ1n) is 8.23. The van der Waals surface area contributed by atoms with E-state index in [1.807, 2.05) is 32.0 Å². The van der Waals surface area contributed by atoms with Crippen LogP contribution < -0.4 is 5.73 Å². The molecule has 0 saturated heterocycles. The number of nitrogens with zero attached hydrogens (tertiary/aromatic N) is 3. The molecule has 0 aliphatic heterocycles. The molecule has 0 unspecified atom stereocenters. The number of amides is 1. The van der Waals surface area contributed by atoms with E-state index in [1.54, 1.807) is 25.3 Å². The van der Waals surface area contributed by atoms with Gasteiger partial charge in [0.15, 0.2) is 0 Å². The van der Waals surface area contributed by atoms with Crippen LogP contribution in [0.4, 0.5) is 5.82 Å². The topological polar surface area (TPSA) is 89.2 Å². The second-order valence-corrected chi connectivity index (χ2v) is 6.75. The average molecular weight is 370 g/mol. The molecule has 2 N–H and O–H groups in total. The van der Waals surface area contributed by atoms with E-state index in [0.717, 1.165) is 28.8 Å². The molecule has 1 heterocycles. The number of hydrogen-bond acceptors (Lipinski definition) is 6. The fourth-order valence-electron chi connectivity index (χ4n) is 2.36. The van der Waals surface area contributed by atoms with Crippen LogP contribution in [0.25, 0.3) is 0 Å². The highest BCUT2D eigenvalue weighted by Gasteiger charge is 2.16. The highest BCUT2D eigenvalue weighted by Crippen LogP contribution is 2.29. The molecular formula is C19H22N4O2S. The highest BCUT2D eigenvalue weighted by atomic mass is 32.2. The molecule has 2 rings (SSSR count). The molecule has 26 heavy (non-hydrogen) atoms. The lowest BCUT2D eigenvalue weighted by Crippen LogP contribution is -2.22. The van der Waals surface area contributed by atoms with Gasteiger partial charge in [-0.1, -0.05) is 37.3 Å². The van der Waals surface area contributed by atoms with Crippen molar-refractivity contribution in [3.8, 4) is 0 Å². The SMILES string of the molecule is CC/C(SC(=O)c1ccccc1)=C(\C)N(C=O)Cc1cnc(C)nc1N. The minimum Gasteiger partial charge on any atom is -0.383 e. The first kappa shape index (κ1) is 19.7. The Labute approximate surface area is 157 Å². The lowest BCUT2D eigenvalue weighted by molar-refractivity contribution is -0.116. The number of anilines is 1. The van der Waals surface area contributed by atoms with Crippen LogP contribution >= 0.6 is 11.8 Å². The van der Waals surface area contributed by atoms with Crippen molar-refractivity contribution in [1.82, 2.24) is 14.9 Å². The quantitative estimate of drug-likeness (QED) is 0.750. The Hall–Kier alpha value is -2.67. The maximum Gasteiger partial charge on any atom is 0.223 e. The Morgan fingerprint density at radius 1 is 1.31 bits per heavy atom. The molecule has 1 amide bonds. The number of aromatic nitrogens is 2. The molecule has 0 aliphatic rings. The number of carbonyl (C=O) groups is 2. The van der Waals surface area contributed by atoms with Crippen molar-refractivity contribution >= 4 is 29.1 Å². The Morgan fingerprint density at radius 3 is 2.58 bits per heavy atom. The van der Waals surface area contributed by atoms with E-state index in [1.165, 1.54) is 4.90 Å². The summed E-state index contributed by atoms with van der Waals surface area (Å²) >= 11 is 1.14. The molecule has 0 radical (unpaired) electrons. The first-order chi connectivity index (χ1) is 12.5. The highest BCUT2D eigenvalue weighted by molar-refractivity contribution is 8.17. The van der Waals surface area contributed by atoms with Gasteiger partial charge in [0, 0.05) is 27.9 Å². The van der Waals surface area contributed by atoms with Crippen molar-refractivity contribution in [3.05, 3.63) is 64.1 Å². The number of benzene rings is 1. The zero-order valence-electron chi connectivity index (χ0n) is 15.1. The third-order valence-electron chi connectivity index (χ3n) is 3.87. The predicted octanol–water partition coefficient (Wildman–Crippen LogP) is 3.54. The zero-order chi connectivity index (χ0) is 19.1. The van der Waals surface area contributed by atoms with Crippen LogP contribution in [0.15, 0.2) is 47.1 Å². The Balaban J connectivity index is 2.22. The van der Waals surface area contributed by atoms with Crippen molar-refractivity contribution in [2.75, 3.05) is 5.73 Å². The molecule has 136 valence electrons. The summed E-state index contributed by atoms with van der Waals surface area (Å²) in [4.78, 5) is 34.7. The van der Waals surface area contributed by atoms with Crippen LogP contribution in [0, 0.1) is 6.92 Å². The van der Waals surface area contributed by atoms with Crippen LogP contribution in [0.5, 0.6) is 0 Å². The largest absolute Gasteiger partial charge is 0.383 e. The van der Waals surface area contributed by atoms with E-state index >= 15 is 0 Å². The number of nitrogens with two attached hydrogens (primary N) is 1. The normalized spacial score (nSPS) is 11.7. The minimum absolute atomic E-state index is 0.0502. The van der Waals surface area contributed by atoms with Gasteiger partial charge in [-0.15, -0.1) is 0 Å². The fourth-order valence-corrected chi connectivity index (χ4v) is 3.25. The number of rotatable bonds is 7. The number of hydrogen-bond donors (Lipinski definition) is 1. The summed E-state index contributed by atoms with van der Waals surface area (Å²) < 4.78 is 0. The summed E-state index contributed by atoms with van der Waals surface area (Å²) in [6.07, 6.45) is 2.99. The van der Waals surface area contributed by atoms with E-state index in [-0.39, 0.29) is 11.7 Å². The van der Waals surface area contributed by atoms with Crippen molar-refractivity contribution in [2.24, 2.45) is 0 Å². The molecule has 0 spiro atoms. The summed E-state index contributed by atoms with van der Waals surface area (Å²) in [5.41, 5.74) is 7.93. The zero-order valence-corrected chi connectivity index (χ0v) is 15.9. The predicted molar refractivity (Wildman–Crippen MR) is 104 cm³/mol. The molecule has 0 aliphatic carbocycles. The molecule has 6 nitrogen and oxygen atoms in total. The van der Waals surface area contributed by atoms with Crippen LogP contribution in [0.3, 0.4) is 0 Å². The maximum absolute atomic E-state index is 12.5. The third kappa shape index (κ3) is 4.92. The standard InChI is InChI=1S/C19H22N4O2S/c1-4-17(26-19(25)15-8-6-5-7-9-15)13(2)23(12-24)11-16-10-21-14(3)22-18(16)20/h5-10,12H,4,11H2,1-3H3,(H2,20,21,22)/b17-13-. The molecule has 2 aromatic rings. The number of carbonyl (C=O) groups excluding carboxylic acids is 2. The number of thioether (sulfide) groups is 1. The summed E-state index contributed by atoms with van der Waals surface area (Å²) in [5, 5.41) is -0.0502. The average Bonchev–Trinajstić information content (AvgIpc) is 2.65. The van der Waals surface area contributed by atoms with E-state index in [9.17, 15) is 9.59 Å². The van der Waals surface area contributed by atoms with E-state index in [4.69, 9.17) is 5.73 Å². The summed E-state index contributed by atoms with van der Waals surface area (Å²) in [6, 6.07) is 9.08. The Morgan fingerprint density at radius 2 is 2.00 bits per heavy atom. The van der Waals surface area contributed by atoms with Gasteiger partial charge in [0.1, 0.15) is 11.6 Å². The number of allylic oxidation sites excluding steroid dienone is 2. The molecular weight excluding hydrogens is 348 g/mol. The fraction of sp³-hybridized carbons (Fsp3) is 0.263. The van der Waals surface area contributed by atoms with Gasteiger partial charge >= 0.3 is 0 Å². The second-order valence-electron chi connectivity index (χ2n) is 5.68. The number of nitrogen functional groups attached to an aromatic ring is 1. The van der Waals surface area contributed by atoms with Crippen molar-refractivity contribution in [1.29, 1.82) is 0 Å². The molecule has 7 heteroatoms. The molecule has 0 atom stereocenters. The maximum atomic E-state index is 12.5. The van der Waals surface area contributed by atoms with Crippen molar-refractivity contribution in [2.45, 2.75) is 33.7 Å². The van der Waals surface area contributed by atoms with Crippen LogP contribution in [0.1, 0.15) is 42.0 Å². The van der Waals surface area contributed by atoms with Gasteiger partial charge in [-0.3, -0.25) is 9.59 Å². The minimum atomic E-state index is -0.0502. The summed E-state index contributed by atoms with van der Waals surface area (Å²) in [5.74, 6) is 0.928. The Kier molecular flexibility index (Phi) is 6.91. The lowest BCUT2D eigenvalue weighted by Gasteiger charge is -2.21. The second kappa shape index (κ2) is 9.15. The van der Waals surface area contributed by atoms with Gasteiger partial charge in [-0.05, 0) is 32.0 Å². The first-order valence-corrected chi connectivity index (χ1v) is 9.04. The van der Waals surface area contributed by atoms with Crippen LogP contribution in [-0.4, -0.2) is 26.4 Å². The van der Waals surface area contributed by atoms with Gasteiger partial charge in [0.2, 0.25) is 11.5 Å². The summed E-state index contributed by atoms with van der Waals surface area (Å²) in [7, 11) is 0. The van der Waals surface area contributed by atoms with E-state index in [2.05, 4.69) is 9.97 Å². The van der Waals surface area contributed by atoms with Crippen molar-refractivity contribution < 1.29 is 9.59 Å². The molecule has 0 bridgehead atoms. The van der Waals surface area contributed by atoms with E-state index < -0.39 is 0 Å². The van der Waals surface area contributed by atoms with Crippen LogP contribution in [0.2, 0.25) is 0 Å². The van der Waals surface area contributed by atoms with Gasteiger partial charge < -0.3 is 10.6 Å². The third-order valence-corrected chi connectivity index (χ3v) is 5.12. The van der Waals surface area contributed by atoms with Gasteiger partial charge in [-0.25, -0.2) is 9.97 Å². The van der Waals surface area contributed by atoms with Gasteiger partial charge in [0.05, 0.1) is 6.54 Å². The monoisotopic (exact) mass is 370 g/mol. The summed E-state index contributed by atoms with van der Waals surface area (Å²) in [6.45, 7) is 5.79. The van der Waals surface area contributed by atoms with Crippen LogP contribution in [-0.2, 0) is 11.3 Å². The van der Waals surface area contributed by atoms with E-state index in [0.29, 0.717) is 29.2 Å². The van der Waals surface area contributed by atoms with Gasteiger partial charge in [0.25, 0.3) is 0 Å². The molecule has 0 saturated carbocycles. The molecule has 1 aromatic heterocycles. The Bertz CT molecular complexity index is 822. The van der Waals surface area contributed by atoms with Crippen molar-refractivity contribution in [3.63, 3.8) is 0 Å². The lowest BCUT2D eigenvalue weighted by atomic mass is 10.2. The molecule has 1 aromatic carbocycles. The smallest absolute Gasteiger partial charge is 0.223 e. The van der Waals surface area contributed by atoms with Gasteiger partial charge in [-0.2, -0.15) is 0 Å². The molecule has 0 fully saturated rings.